The van der Waals surface area contributed by atoms with Crippen LogP contribution >= 0.6 is 12.4 Å². The molecule has 1 aromatic carbocycles. The van der Waals surface area contributed by atoms with Gasteiger partial charge in [0.2, 0.25) is 5.91 Å². The summed E-state index contributed by atoms with van der Waals surface area (Å²) in [4.78, 5) is 15.5. The zero-order valence-electron chi connectivity index (χ0n) is 17.8. The summed E-state index contributed by atoms with van der Waals surface area (Å²) >= 11 is 0. The van der Waals surface area contributed by atoms with Gasteiger partial charge in [-0.05, 0) is 80.8 Å². The van der Waals surface area contributed by atoms with E-state index in [1.165, 1.54) is 31.4 Å². The van der Waals surface area contributed by atoms with Crippen LogP contribution in [0.1, 0.15) is 56.1 Å². The molecular weight excluding hydrogens is 425 g/mol. The highest BCUT2D eigenvalue weighted by Crippen LogP contribution is 2.60. The van der Waals surface area contributed by atoms with Crippen molar-refractivity contribution < 1.29 is 18.0 Å². The Morgan fingerprint density at radius 1 is 1.10 bits per heavy atom. The van der Waals surface area contributed by atoms with Gasteiger partial charge in [0.05, 0.1) is 5.56 Å². The van der Waals surface area contributed by atoms with Crippen LogP contribution in [-0.2, 0) is 17.4 Å². The number of nitrogens with zero attached hydrogens (tertiary/aromatic N) is 1. The van der Waals surface area contributed by atoms with E-state index in [0.29, 0.717) is 12.0 Å². The lowest BCUT2D eigenvalue weighted by molar-refractivity contribution is -0.147. The number of alkyl halides is 3. The molecule has 1 saturated heterocycles. The summed E-state index contributed by atoms with van der Waals surface area (Å²) in [5.74, 6) is 2.56. The fraction of sp³-hybridized carbons (Fsp3) is 0.708. The standard InChI is InChI=1S/C24H31F3N2O.ClH/c25-24(26,27)20-3-1-2-16(11-20)4-6-29-7-5-21(15-29)28-22(30)23-12-17-8-18(13-23)10-19(9-17)14-23;/h1-3,11,17-19,21H,4-10,12-15H2,(H,28,30);1H/t17?,18?,19?,21-,23?;/m0./s1. The van der Waals surface area contributed by atoms with E-state index in [-0.39, 0.29) is 29.8 Å². The molecule has 5 fully saturated rings. The van der Waals surface area contributed by atoms with Gasteiger partial charge in [0.15, 0.2) is 0 Å². The quantitative estimate of drug-likeness (QED) is 0.670. The van der Waals surface area contributed by atoms with Crippen molar-refractivity contribution in [1.29, 1.82) is 0 Å². The number of nitrogens with one attached hydrogen (secondary N) is 1. The lowest BCUT2D eigenvalue weighted by Gasteiger charge is -2.55. The summed E-state index contributed by atoms with van der Waals surface area (Å²) in [5.41, 5.74) is 0.0215. The molecule has 172 valence electrons. The Labute approximate surface area is 188 Å². The van der Waals surface area contributed by atoms with Crippen molar-refractivity contribution in [2.24, 2.45) is 23.2 Å². The van der Waals surface area contributed by atoms with E-state index in [1.807, 2.05) is 0 Å². The average Bonchev–Trinajstić information content (AvgIpc) is 3.12. The van der Waals surface area contributed by atoms with Crippen LogP contribution in [0, 0.1) is 23.2 Å². The molecule has 1 heterocycles. The van der Waals surface area contributed by atoms with Crippen LogP contribution in [0.4, 0.5) is 13.2 Å². The van der Waals surface area contributed by atoms with Crippen molar-refractivity contribution in [2.75, 3.05) is 19.6 Å². The molecule has 31 heavy (non-hydrogen) atoms. The first-order chi connectivity index (χ1) is 14.3. The van der Waals surface area contributed by atoms with Crippen molar-refractivity contribution in [3.63, 3.8) is 0 Å². The number of rotatable bonds is 5. The highest BCUT2D eigenvalue weighted by Gasteiger charge is 2.54. The fourth-order valence-corrected chi connectivity index (χ4v) is 7.07. The number of halogens is 4. The SMILES string of the molecule is Cl.O=C(N[C@H]1CCN(CCc2cccc(C(F)(F)F)c2)C1)C12CC3CC(CC(C3)C1)C2. The number of amides is 1. The van der Waals surface area contributed by atoms with Gasteiger partial charge >= 0.3 is 6.18 Å². The lowest BCUT2D eigenvalue weighted by atomic mass is 9.49. The van der Waals surface area contributed by atoms with E-state index in [2.05, 4.69) is 10.2 Å². The molecule has 1 amide bonds. The highest BCUT2D eigenvalue weighted by atomic mass is 35.5. The molecule has 4 aliphatic carbocycles. The van der Waals surface area contributed by atoms with Gasteiger partial charge in [0.1, 0.15) is 0 Å². The average molecular weight is 457 g/mol. The Balaban J connectivity index is 0.00000231. The normalized spacial score (nSPS) is 34.5. The highest BCUT2D eigenvalue weighted by molar-refractivity contribution is 5.85. The Hall–Kier alpha value is -1.27. The van der Waals surface area contributed by atoms with Gasteiger partial charge in [0.25, 0.3) is 0 Å². The first-order valence-corrected chi connectivity index (χ1v) is 11.5. The Morgan fingerprint density at radius 3 is 2.35 bits per heavy atom. The van der Waals surface area contributed by atoms with Crippen LogP contribution in [0.25, 0.3) is 0 Å². The van der Waals surface area contributed by atoms with Crippen LogP contribution < -0.4 is 5.32 Å². The zero-order valence-corrected chi connectivity index (χ0v) is 18.6. The molecule has 1 aliphatic heterocycles. The van der Waals surface area contributed by atoms with Crippen LogP contribution in [-0.4, -0.2) is 36.5 Å². The van der Waals surface area contributed by atoms with E-state index >= 15 is 0 Å². The minimum absolute atomic E-state index is 0. The summed E-state index contributed by atoms with van der Waals surface area (Å²) in [5, 5.41) is 3.36. The minimum atomic E-state index is -4.30. The molecule has 0 spiro atoms. The lowest BCUT2D eigenvalue weighted by Crippen LogP contribution is -2.55. The van der Waals surface area contributed by atoms with Gasteiger partial charge in [-0.1, -0.05) is 18.2 Å². The van der Waals surface area contributed by atoms with Gasteiger partial charge in [-0.15, -0.1) is 12.4 Å². The van der Waals surface area contributed by atoms with E-state index in [0.717, 1.165) is 69.1 Å². The Morgan fingerprint density at radius 2 is 1.74 bits per heavy atom. The second-order valence-electron chi connectivity index (χ2n) is 10.4. The Bertz CT molecular complexity index is 777. The van der Waals surface area contributed by atoms with Crippen molar-refractivity contribution in [3.05, 3.63) is 35.4 Å². The molecule has 0 aromatic heterocycles. The molecule has 0 radical (unpaired) electrons. The van der Waals surface area contributed by atoms with Gasteiger partial charge in [0, 0.05) is 31.1 Å². The number of carbonyl (C=O) groups excluding carboxylic acids is 1. The third-order valence-electron chi connectivity index (χ3n) is 8.10. The maximum absolute atomic E-state index is 13.2. The van der Waals surface area contributed by atoms with Crippen LogP contribution in [0.3, 0.4) is 0 Å². The molecule has 5 aliphatic rings. The summed E-state index contributed by atoms with van der Waals surface area (Å²) in [6.07, 6.45) is 4.47. The summed E-state index contributed by atoms with van der Waals surface area (Å²) in [7, 11) is 0. The molecule has 1 atom stereocenters. The summed E-state index contributed by atoms with van der Waals surface area (Å²) in [6.45, 7) is 2.42. The maximum atomic E-state index is 13.2. The topological polar surface area (TPSA) is 32.3 Å². The number of benzene rings is 1. The molecule has 3 nitrogen and oxygen atoms in total. The van der Waals surface area contributed by atoms with Crippen LogP contribution in [0.5, 0.6) is 0 Å². The molecule has 1 aromatic rings. The third-order valence-corrected chi connectivity index (χ3v) is 8.10. The van der Waals surface area contributed by atoms with Gasteiger partial charge in [-0.3, -0.25) is 4.79 Å². The molecule has 1 N–H and O–H groups in total. The first-order valence-electron chi connectivity index (χ1n) is 11.5. The van der Waals surface area contributed by atoms with Crippen molar-refractivity contribution in [2.45, 2.75) is 63.6 Å². The van der Waals surface area contributed by atoms with Crippen molar-refractivity contribution in [1.82, 2.24) is 10.2 Å². The maximum Gasteiger partial charge on any atom is 0.416 e. The number of hydrogen-bond donors (Lipinski definition) is 1. The smallest absolute Gasteiger partial charge is 0.352 e. The monoisotopic (exact) mass is 456 g/mol. The fourth-order valence-electron chi connectivity index (χ4n) is 7.07. The molecule has 6 rings (SSSR count). The predicted molar refractivity (Wildman–Crippen MR) is 116 cm³/mol. The molecule has 0 unspecified atom stereocenters. The summed E-state index contributed by atoms with van der Waals surface area (Å²) in [6, 6.07) is 5.79. The molecule has 4 saturated carbocycles. The number of carbonyl (C=O) groups is 1. The van der Waals surface area contributed by atoms with E-state index in [4.69, 9.17) is 0 Å². The number of hydrogen-bond acceptors (Lipinski definition) is 2. The van der Waals surface area contributed by atoms with Crippen LogP contribution in [0.15, 0.2) is 24.3 Å². The largest absolute Gasteiger partial charge is 0.416 e. The van der Waals surface area contributed by atoms with E-state index in [1.54, 1.807) is 6.07 Å². The number of likely N-dealkylation sites (tertiary alicyclic amines) is 1. The third kappa shape index (κ3) is 4.75. The van der Waals surface area contributed by atoms with Gasteiger partial charge < -0.3 is 10.2 Å². The van der Waals surface area contributed by atoms with Gasteiger partial charge in [-0.2, -0.15) is 13.2 Å². The van der Waals surface area contributed by atoms with Gasteiger partial charge in [-0.25, -0.2) is 0 Å². The van der Waals surface area contributed by atoms with Crippen molar-refractivity contribution >= 4 is 18.3 Å². The molecule has 4 bridgehead atoms. The minimum Gasteiger partial charge on any atom is -0.352 e. The van der Waals surface area contributed by atoms with Crippen LogP contribution in [0.2, 0.25) is 0 Å². The first kappa shape index (κ1) is 22.9. The Kier molecular flexibility index (Phi) is 6.34. The predicted octanol–water partition coefficient (Wildman–Crippen LogP) is 5.08. The second-order valence-corrected chi connectivity index (χ2v) is 10.4. The van der Waals surface area contributed by atoms with E-state index < -0.39 is 11.7 Å². The van der Waals surface area contributed by atoms with E-state index in [9.17, 15) is 18.0 Å². The molecule has 7 heteroatoms. The van der Waals surface area contributed by atoms with Crippen molar-refractivity contribution in [3.8, 4) is 0 Å². The second kappa shape index (κ2) is 8.58. The molecular formula is C24H32ClF3N2O. The summed E-state index contributed by atoms with van der Waals surface area (Å²) < 4.78 is 38.7. The zero-order chi connectivity index (χ0) is 20.9.